The Bertz CT molecular complexity index is 416. The van der Waals surface area contributed by atoms with Crippen molar-refractivity contribution in [1.82, 2.24) is 0 Å². The molecule has 0 bridgehead atoms. The average Bonchev–Trinajstić information content (AvgIpc) is 2.78. The molecule has 98 valence electrons. The fourth-order valence-corrected chi connectivity index (χ4v) is 2.17. The number of hydrogen-bond donors (Lipinski definition) is 0. The van der Waals surface area contributed by atoms with Gasteiger partial charge in [0.25, 0.3) is 0 Å². The maximum Gasteiger partial charge on any atom is 0.311 e. The van der Waals surface area contributed by atoms with Crippen LogP contribution in [0.25, 0.3) is 0 Å². The summed E-state index contributed by atoms with van der Waals surface area (Å²) in [6.07, 6.45) is 0.723. The van der Waals surface area contributed by atoms with E-state index in [1.807, 2.05) is 13.8 Å². The van der Waals surface area contributed by atoms with Crippen LogP contribution in [0.4, 0.5) is 10.1 Å². The van der Waals surface area contributed by atoms with Crippen molar-refractivity contribution in [3.8, 4) is 0 Å². The van der Waals surface area contributed by atoms with E-state index in [0.29, 0.717) is 6.54 Å². The summed E-state index contributed by atoms with van der Waals surface area (Å²) in [5.41, 5.74) is 0.955. The highest BCUT2D eigenvalue weighted by atomic mass is 19.1. The zero-order valence-electron chi connectivity index (χ0n) is 10.7. The summed E-state index contributed by atoms with van der Waals surface area (Å²) in [7, 11) is 0. The lowest BCUT2D eigenvalue weighted by atomic mass is 10.1. The Morgan fingerprint density at radius 1 is 1.39 bits per heavy atom. The minimum absolute atomic E-state index is 0.0718. The van der Waals surface area contributed by atoms with Crippen LogP contribution < -0.4 is 4.90 Å². The van der Waals surface area contributed by atoms with E-state index in [9.17, 15) is 9.18 Å². The van der Waals surface area contributed by atoms with Crippen molar-refractivity contribution < 1.29 is 13.9 Å². The third-order valence-corrected chi connectivity index (χ3v) is 3.07. The average molecular weight is 251 g/mol. The second kappa shape index (κ2) is 5.38. The van der Waals surface area contributed by atoms with Gasteiger partial charge in [-0.3, -0.25) is 4.79 Å². The second-order valence-electron chi connectivity index (χ2n) is 4.89. The molecule has 3 nitrogen and oxygen atoms in total. The van der Waals surface area contributed by atoms with Crippen molar-refractivity contribution >= 4 is 11.7 Å². The lowest BCUT2D eigenvalue weighted by Gasteiger charge is -2.18. The minimum atomic E-state index is -0.242. The highest BCUT2D eigenvalue weighted by Gasteiger charge is 2.30. The van der Waals surface area contributed by atoms with Crippen molar-refractivity contribution in [1.29, 1.82) is 0 Å². The van der Waals surface area contributed by atoms with E-state index in [1.54, 1.807) is 12.1 Å². The van der Waals surface area contributed by atoms with Gasteiger partial charge in [0, 0.05) is 18.8 Å². The first-order chi connectivity index (χ1) is 8.56. The Morgan fingerprint density at radius 3 is 2.67 bits per heavy atom. The van der Waals surface area contributed by atoms with Crippen LogP contribution in [0.1, 0.15) is 20.3 Å². The molecular formula is C14H18FNO2. The lowest BCUT2D eigenvalue weighted by Crippen LogP contribution is -2.25. The zero-order valence-corrected chi connectivity index (χ0v) is 10.7. The molecule has 1 fully saturated rings. The molecule has 1 aliphatic rings. The molecule has 1 saturated heterocycles. The monoisotopic (exact) mass is 251 g/mol. The molecule has 2 rings (SSSR count). The van der Waals surface area contributed by atoms with E-state index >= 15 is 0 Å². The normalized spacial score (nSPS) is 19.3. The summed E-state index contributed by atoms with van der Waals surface area (Å²) in [6.45, 7) is 5.16. The van der Waals surface area contributed by atoms with Gasteiger partial charge in [0.05, 0.1) is 12.0 Å². The van der Waals surface area contributed by atoms with Gasteiger partial charge in [-0.25, -0.2) is 4.39 Å². The van der Waals surface area contributed by atoms with E-state index in [-0.39, 0.29) is 23.8 Å². The molecule has 0 aliphatic carbocycles. The molecule has 1 heterocycles. The maximum atomic E-state index is 12.8. The number of anilines is 1. The van der Waals surface area contributed by atoms with E-state index in [4.69, 9.17) is 4.74 Å². The number of carbonyl (C=O) groups excluding carboxylic acids is 1. The smallest absolute Gasteiger partial charge is 0.311 e. The molecule has 4 heteroatoms. The first-order valence-electron chi connectivity index (χ1n) is 6.27. The lowest BCUT2D eigenvalue weighted by molar-refractivity contribution is -0.151. The molecule has 0 N–H and O–H groups in total. The predicted molar refractivity (Wildman–Crippen MR) is 67.9 cm³/mol. The Hall–Kier alpha value is -1.58. The SMILES string of the molecule is CC(C)OC(=O)C1CCN(c2ccc(F)cc2)C1. The first-order valence-corrected chi connectivity index (χ1v) is 6.27. The van der Waals surface area contributed by atoms with Crippen LogP contribution in [0.15, 0.2) is 24.3 Å². The summed E-state index contributed by atoms with van der Waals surface area (Å²) < 4.78 is 18.0. The van der Waals surface area contributed by atoms with Gasteiger partial charge in [-0.05, 0) is 44.5 Å². The Labute approximate surface area is 107 Å². The van der Waals surface area contributed by atoms with Crippen LogP contribution in [-0.4, -0.2) is 25.2 Å². The number of ether oxygens (including phenoxy) is 1. The number of hydrogen-bond acceptors (Lipinski definition) is 3. The van der Waals surface area contributed by atoms with E-state index in [0.717, 1.165) is 18.7 Å². The standard InChI is InChI=1S/C14H18FNO2/c1-10(2)18-14(17)11-7-8-16(9-11)13-5-3-12(15)4-6-13/h3-6,10-11H,7-9H2,1-2H3. The van der Waals surface area contributed by atoms with Crippen molar-refractivity contribution in [2.24, 2.45) is 5.92 Å². The Kier molecular flexibility index (Phi) is 3.84. The van der Waals surface area contributed by atoms with Crippen LogP contribution in [-0.2, 0) is 9.53 Å². The van der Waals surface area contributed by atoms with Gasteiger partial charge < -0.3 is 9.64 Å². The molecule has 0 saturated carbocycles. The second-order valence-corrected chi connectivity index (χ2v) is 4.89. The number of carbonyl (C=O) groups is 1. The van der Waals surface area contributed by atoms with Crippen LogP contribution >= 0.6 is 0 Å². The molecular weight excluding hydrogens is 233 g/mol. The van der Waals surface area contributed by atoms with E-state index in [2.05, 4.69) is 4.90 Å². The maximum absolute atomic E-state index is 12.8. The number of nitrogens with zero attached hydrogens (tertiary/aromatic N) is 1. The quantitative estimate of drug-likeness (QED) is 0.773. The van der Waals surface area contributed by atoms with Crippen LogP contribution in [0.5, 0.6) is 0 Å². The summed E-state index contributed by atoms with van der Waals surface area (Å²) in [5, 5.41) is 0. The predicted octanol–water partition coefficient (Wildman–Crippen LogP) is 2.60. The third kappa shape index (κ3) is 3.00. The van der Waals surface area contributed by atoms with Crippen molar-refractivity contribution in [3.63, 3.8) is 0 Å². The highest BCUT2D eigenvalue weighted by Crippen LogP contribution is 2.25. The number of halogens is 1. The molecule has 1 aliphatic heterocycles. The summed E-state index contributed by atoms with van der Waals surface area (Å²) in [5.74, 6) is -0.444. The molecule has 1 aromatic carbocycles. The van der Waals surface area contributed by atoms with Gasteiger partial charge in [0.1, 0.15) is 5.82 Å². The highest BCUT2D eigenvalue weighted by molar-refractivity contribution is 5.74. The number of rotatable bonds is 3. The zero-order chi connectivity index (χ0) is 13.1. The summed E-state index contributed by atoms with van der Waals surface area (Å²) in [6, 6.07) is 6.36. The van der Waals surface area contributed by atoms with Gasteiger partial charge >= 0.3 is 5.97 Å². The molecule has 0 radical (unpaired) electrons. The molecule has 1 atom stereocenters. The fraction of sp³-hybridized carbons (Fsp3) is 0.500. The van der Waals surface area contributed by atoms with Gasteiger partial charge in [0.2, 0.25) is 0 Å². The van der Waals surface area contributed by atoms with Crippen molar-refractivity contribution in [2.45, 2.75) is 26.4 Å². The molecule has 1 unspecified atom stereocenters. The van der Waals surface area contributed by atoms with Gasteiger partial charge in [-0.15, -0.1) is 0 Å². The third-order valence-electron chi connectivity index (χ3n) is 3.07. The number of esters is 1. The van der Waals surface area contributed by atoms with E-state index < -0.39 is 0 Å². The first kappa shape index (κ1) is 12.9. The Morgan fingerprint density at radius 2 is 2.06 bits per heavy atom. The minimum Gasteiger partial charge on any atom is -0.463 e. The molecule has 0 amide bonds. The Balaban J connectivity index is 1.96. The van der Waals surface area contributed by atoms with Gasteiger partial charge in [-0.2, -0.15) is 0 Å². The molecule has 1 aromatic rings. The van der Waals surface area contributed by atoms with Crippen molar-refractivity contribution in [3.05, 3.63) is 30.1 Å². The molecule has 0 spiro atoms. The van der Waals surface area contributed by atoms with Gasteiger partial charge in [-0.1, -0.05) is 0 Å². The van der Waals surface area contributed by atoms with E-state index in [1.165, 1.54) is 12.1 Å². The topological polar surface area (TPSA) is 29.5 Å². The van der Waals surface area contributed by atoms with Crippen molar-refractivity contribution in [2.75, 3.05) is 18.0 Å². The largest absolute Gasteiger partial charge is 0.463 e. The summed E-state index contributed by atoms with van der Waals surface area (Å²) >= 11 is 0. The fourth-order valence-electron chi connectivity index (χ4n) is 2.17. The van der Waals surface area contributed by atoms with Gasteiger partial charge in [0.15, 0.2) is 0 Å². The van der Waals surface area contributed by atoms with Crippen LogP contribution in [0.2, 0.25) is 0 Å². The molecule has 0 aromatic heterocycles. The number of benzene rings is 1. The van der Waals surface area contributed by atoms with Crippen LogP contribution in [0, 0.1) is 11.7 Å². The summed E-state index contributed by atoms with van der Waals surface area (Å²) in [4.78, 5) is 13.9. The van der Waals surface area contributed by atoms with Crippen LogP contribution in [0.3, 0.4) is 0 Å². The molecule has 18 heavy (non-hydrogen) atoms.